The minimum atomic E-state index is -0.0453. The Bertz CT molecular complexity index is 645. The predicted octanol–water partition coefficient (Wildman–Crippen LogP) is 2.68. The molecule has 1 atom stereocenters. The number of methoxy groups -OCH3 is 1. The van der Waals surface area contributed by atoms with E-state index in [1.165, 1.54) is 6.42 Å². The molecule has 25 heavy (non-hydrogen) atoms. The van der Waals surface area contributed by atoms with Crippen LogP contribution < -0.4 is 5.32 Å². The molecule has 1 aromatic heterocycles. The molecular formula is C19H30N4O2. The van der Waals surface area contributed by atoms with E-state index in [0.29, 0.717) is 30.5 Å². The average molecular weight is 346 g/mol. The number of nitriles is 1. The molecule has 1 aromatic rings. The van der Waals surface area contributed by atoms with Crippen molar-refractivity contribution in [2.24, 2.45) is 5.92 Å². The predicted molar refractivity (Wildman–Crippen MR) is 98.6 cm³/mol. The van der Waals surface area contributed by atoms with E-state index in [1.807, 2.05) is 18.4 Å². The molecule has 0 aromatic carbocycles. The van der Waals surface area contributed by atoms with Crippen molar-refractivity contribution in [3.8, 4) is 6.07 Å². The number of nitrogens with zero attached hydrogens (tertiary/aromatic N) is 3. The van der Waals surface area contributed by atoms with Gasteiger partial charge in [0, 0.05) is 32.5 Å². The van der Waals surface area contributed by atoms with E-state index in [0.717, 1.165) is 43.7 Å². The summed E-state index contributed by atoms with van der Waals surface area (Å²) in [6.45, 7) is 9.84. The highest BCUT2D eigenvalue weighted by atomic mass is 16.5. The van der Waals surface area contributed by atoms with Gasteiger partial charge in [-0.25, -0.2) is 0 Å². The summed E-state index contributed by atoms with van der Waals surface area (Å²) in [4.78, 5) is 14.8. The minimum absolute atomic E-state index is 0.0453. The van der Waals surface area contributed by atoms with Gasteiger partial charge in [-0.2, -0.15) is 5.26 Å². The molecule has 0 radical (unpaired) electrons. The van der Waals surface area contributed by atoms with E-state index in [1.54, 1.807) is 7.11 Å². The molecule has 2 rings (SSSR count). The van der Waals surface area contributed by atoms with Crippen LogP contribution in [-0.2, 0) is 16.1 Å². The number of nitrogens with one attached hydrogen (secondary N) is 1. The molecule has 1 aliphatic heterocycles. The molecule has 6 nitrogen and oxygen atoms in total. The summed E-state index contributed by atoms with van der Waals surface area (Å²) in [5.74, 6) is 1.22. The molecule has 0 spiro atoms. The zero-order chi connectivity index (χ0) is 18.4. The van der Waals surface area contributed by atoms with Gasteiger partial charge in [0.1, 0.15) is 11.9 Å². The number of ether oxygens (including phenoxy) is 1. The van der Waals surface area contributed by atoms with Crippen LogP contribution in [-0.4, -0.2) is 48.7 Å². The summed E-state index contributed by atoms with van der Waals surface area (Å²) in [6, 6.07) is 2.25. The third-order valence-corrected chi connectivity index (χ3v) is 5.04. The standard InChI is InChI=1S/C19H30N4O2/c1-14-7-5-8-22(12-14)13-18(24)21-19-17(11-20)15(2)16(3)23(19)9-6-10-25-4/h14H,5-10,12-13H2,1-4H3,(H,21,24). The largest absolute Gasteiger partial charge is 0.385 e. The van der Waals surface area contributed by atoms with Crippen molar-refractivity contribution >= 4 is 11.7 Å². The molecule has 2 heterocycles. The second-order valence-electron chi connectivity index (χ2n) is 7.07. The van der Waals surface area contributed by atoms with E-state index in [9.17, 15) is 10.1 Å². The zero-order valence-electron chi connectivity index (χ0n) is 15.9. The lowest BCUT2D eigenvalue weighted by Gasteiger charge is -2.30. The summed E-state index contributed by atoms with van der Waals surface area (Å²) in [6.07, 6.45) is 3.21. The van der Waals surface area contributed by atoms with Crippen LogP contribution in [0.3, 0.4) is 0 Å². The van der Waals surface area contributed by atoms with Crippen molar-refractivity contribution in [1.29, 1.82) is 5.26 Å². The number of rotatable bonds is 7. The normalized spacial score (nSPS) is 18.1. The molecule has 0 bridgehead atoms. The molecule has 0 saturated carbocycles. The zero-order valence-corrected chi connectivity index (χ0v) is 15.9. The summed E-state index contributed by atoms with van der Waals surface area (Å²) < 4.78 is 7.16. The first-order valence-corrected chi connectivity index (χ1v) is 9.08. The maximum Gasteiger partial charge on any atom is 0.239 e. The highest BCUT2D eigenvalue weighted by molar-refractivity contribution is 5.93. The first-order chi connectivity index (χ1) is 12.0. The maximum absolute atomic E-state index is 12.6. The molecule has 0 aliphatic carbocycles. The molecule has 1 aliphatic rings. The molecule has 1 fully saturated rings. The van der Waals surface area contributed by atoms with E-state index in [4.69, 9.17) is 4.74 Å². The number of likely N-dealkylation sites (tertiary alicyclic amines) is 1. The molecular weight excluding hydrogens is 316 g/mol. The van der Waals surface area contributed by atoms with Crippen LogP contribution in [0.15, 0.2) is 0 Å². The summed E-state index contributed by atoms with van der Waals surface area (Å²) in [5, 5.41) is 12.5. The number of hydrogen-bond acceptors (Lipinski definition) is 4. The topological polar surface area (TPSA) is 70.3 Å². The first-order valence-electron chi connectivity index (χ1n) is 9.08. The van der Waals surface area contributed by atoms with Crippen LogP contribution in [0.25, 0.3) is 0 Å². The van der Waals surface area contributed by atoms with E-state index in [2.05, 4.69) is 23.2 Å². The molecule has 6 heteroatoms. The van der Waals surface area contributed by atoms with Gasteiger partial charge in [0.05, 0.1) is 12.1 Å². The van der Waals surface area contributed by atoms with Gasteiger partial charge in [0.25, 0.3) is 0 Å². The Morgan fingerprint density at radius 1 is 1.44 bits per heavy atom. The third kappa shape index (κ3) is 4.83. The highest BCUT2D eigenvalue weighted by Gasteiger charge is 2.22. The maximum atomic E-state index is 12.6. The number of carbonyl (C=O) groups is 1. The van der Waals surface area contributed by atoms with Gasteiger partial charge in [0.2, 0.25) is 5.91 Å². The fourth-order valence-electron chi connectivity index (χ4n) is 3.58. The van der Waals surface area contributed by atoms with Gasteiger partial charge in [-0.15, -0.1) is 0 Å². The molecule has 1 unspecified atom stereocenters. The van der Waals surface area contributed by atoms with Crippen molar-refractivity contribution in [1.82, 2.24) is 9.47 Å². The lowest BCUT2D eigenvalue weighted by atomic mass is 10.0. The molecule has 1 N–H and O–H groups in total. The van der Waals surface area contributed by atoms with Crippen LogP contribution in [0.2, 0.25) is 0 Å². The smallest absolute Gasteiger partial charge is 0.239 e. The first kappa shape index (κ1) is 19.5. The summed E-state index contributed by atoms with van der Waals surface area (Å²) >= 11 is 0. The van der Waals surface area contributed by atoms with Gasteiger partial charge in [0.15, 0.2) is 0 Å². The van der Waals surface area contributed by atoms with Crippen LogP contribution >= 0.6 is 0 Å². The van der Waals surface area contributed by atoms with Gasteiger partial charge in [-0.3, -0.25) is 9.69 Å². The number of aromatic nitrogens is 1. The number of amides is 1. The highest BCUT2D eigenvalue weighted by Crippen LogP contribution is 2.26. The second kappa shape index (κ2) is 9.02. The van der Waals surface area contributed by atoms with Crippen molar-refractivity contribution in [2.75, 3.05) is 38.7 Å². The lowest BCUT2D eigenvalue weighted by molar-refractivity contribution is -0.117. The van der Waals surface area contributed by atoms with Crippen molar-refractivity contribution in [2.45, 2.75) is 46.6 Å². The Morgan fingerprint density at radius 2 is 2.20 bits per heavy atom. The van der Waals surface area contributed by atoms with E-state index in [-0.39, 0.29) is 5.91 Å². The Morgan fingerprint density at radius 3 is 2.84 bits per heavy atom. The quantitative estimate of drug-likeness (QED) is 0.771. The monoisotopic (exact) mass is 346 g/mol. The number of carbonyl (C=O) groups excluding carboxylic acids is 1. The minimum Gasteiger partial charge on any atom is -0.385 e. The third-order valence-electron chi connectivity index (χ3n) is 5.04. The van der Waals surface area contributed by atoms with E-state index < -0.39 is 0 Å². The Kier molecular flexibility index (Phi) is 7.03. The molecule has 1 saturated heterocycles. The fraction of sp³-hybridized carbons (Fsp3) is 0.684. The van der Waals surface area contributed by atoms with Gasteiger partial charge in [-0.05, 0) is 51.1 Å². The Balaban J connectivity index is 2.12. The Labute approximate surface area is 150 Å². The van der Waals surface area contributed by atoms with Crippen molar-refractivity contribution in [3.05, 3.63) is 16.8 Å². The fourth-order valence-corrected chi connectivity index (χ4v) is 3.58. The van der Waals surface area contributed by atoms with Crippen LogP contribution in [0.5, 0.6) is 0 Å². The number of hydrogen-bond donors (Lipinski definition) is 1. The van der Waals surface area contributed by atoms with Gasteiger partial charge < -0.3 is 14.6 Å². The average Bonchev–Trinajstić information content (AvgIpc) is 2.79. The summed E-state index contributed by atoms with van der Waals surface area (Å²) in [5.41, 5.74) is 2.52. The van der Waals surface area contributed by atoms with Gasteiger partial charge in [-0.1, -0.05) is 6.92 Å². The Hall–Kier alpha value is -1.84. The number of piperidine rings is 1. The number of anilines is 1. The van der Waals surface area contributed by atoms with Crippen LogP contribution in [0.1, 0.15) is 43.0 Å². The van der Waals surface area contributed by atoms with Crippen LogP contribution in [0.4, 0.5) is 5.82 Å². The summed E-state index contributed by atoms with van der Waals surface area (Å²) in [7, 11) is 1.68. The molecule has 1 amide bonds. The van der Waals surface area contributed by atoms with Crippen LogP contribution in [0, 0.1) is 31.1 Å². The van der Waals surface area contributed by atoms with Crippen molar-refractivity contribution < 1.29 is 9.53 Å². The van der Waals surface area contributed by atoms with E-state index >= 15 is 0 Å². The lowest BCUT2D eigenvalue weighted by Crippen LogP contribution is -2.40. The second-order valence-corrected chi connectivity index (χ2v) is 7.07. The SMILES string of the molecule is COCCCn1c(C)c(C)c(C#N)c1NC(=O)CN1CCCC(C)C1. The molecule has 138 valence electrons. The van der Waals surface area contributed by atoms with Crippen molar-refractivity contribution in [3.63, 3.8) is 0 Å². The van der Waals surface area contributed by atoms with Gasteiger partial charge >= 0.3 is 0 Å².